The predicted molar refractivity (Wildman–Crippen MR) is 68.3 cm³/mol. The van der Waals surface area contributed by atoms with E-state index in [4.69, 9.17) is 0 Å². The Balaban J connectivity index is 2.19. The molecule has 16 heavy (non-hydrogen) atoms. The maximum absolute atomic E-state index is 4.56. The van der Waals surface area contributed by atoms with Gasteiger partial charge in [0.25, 0.3) is 0 Å². The number of allylic oxidation sites excluding steroid dienone is 6. The van der Waals surface area contributed by atoms with Crippen molar-refractivity contribution in [1.29, 1.82) is 0 Å². The smallest absolute Gasteiger partial charge is 0.0741 e. The summed E-state index contributed by atoms with van der Waals surface area (Å²) in [6.45, 7) is 4.18. The monoisotopic (exact) mass is 207 g/mol. The van der Waals surface area contributed by atoms with Crippen molar-refractivity contribution in [3.05, 3.63) is 64.9 Å². The summed E-state index contributed by atoms with van der Waals surface area (Å²) in [6, 6.07) is 10.5. The summed E-state index contributed by atoms with van der Waals surface area (Å²) >= 11 is 0. The molecule has 0 saturated carbocycles. The van der Waals surface area contributed by atoms with Crippen LogP contribution >= 0.6 is 0 Å². The highest BCUT2D eigenvalue weighted by molar-refractivity contribution is 6.25. The number of fused-ring (bicyclic) bond motifs is 1. The number of nitrogens with zero attached hydrogens (tertiary/aromatic N) is 1. The summed E-state index contributed by atoms with van der Waals surface area (Å²) in [5.74, 6) is 0. The van der Waals surface area contributed by atoms with Crippen LogP contribution in [0.3, 0.4) is 0 Å². The maximum atomic E-state index is 4.56. The van der Waals surface area contributed by atoms with Gasteiger partial charge in [0.05, 0.1) is 5.71 Å². The number of benzene rings is 1. The van der Waals surface area contributed by atoms with Crippen LogP contribution in [0.2, 0.25) is 0 Å². The normalized spacial score (nSPS) is 18.2. The molecule has 0 aromatic heterocycles. The average Bonchev–Trinajstić information content (AvgIpc) is 2.80. The lowest BCUT2D eigenvalue weighted by molar-refractivity contribution is 1.33. The Bertz CT molecular complexity index is 569. The van der Waals surface area contributed by atoms with Crippen molar-refractivity contribution in [2.24, 2.45) is 4.99 Å². The Morgan fingerprint density at radius 3 is 2.38 bits per heavy atom. The molecule has 1 nitrogen and oxygen atoms in total. The average molecular weight is 207 g/mol. The molecule has 0 fully saturated rings. The summed E-state index contributed by atoms with van der Waals surface area (Å²) in [7, 11) is 0. The molecule has 1 aromatic carbocycles. The van der Waals surface area contributed by atoms with Crippen LogP contribution in [0, 0.1) is 0 Å². The van der Waals surface area contributed by atoms with Crippen LogP contribution in [0.15, 0.2) is 64.3 Å². The first-order chi connectivity index (χ1) is 7.75. The van der Waals surface area contributed by atoms with Crippen LogP contribution in [-0.2, 0) is 0 Å². The predicted octanol–water partition coefficient (Wildman–Crippen LogP) is 3.76. The van der Waals surface area contributed by atoms with Gasteiger partial charge in [-0.05, 0) is 42.7 Å². The number of hydrogen-bond acceptors (Lipinski definition) is 1. The Labute approximate surface area is 95.5 Å². The van der Waals surface area contributed by atoms with Crippen LogP contribution in [0.4, 0.5) is 0 Å². The topological polar surface area (TPSA) is 12.4 Å². The lowest BCUT2D eigenvalue weighted by atomic mass is 10.0. The Morgan fingerprint density at radius 1 is 0.875 bits per heavy atom. The molecule has 0 amide bonds. The molecule has 0 unspecified atom stereocenters. The summed E-state index contributed by atoms with van der Waals surface area (Å²) in [5, 5.41) is 0. The summed E-state index contributed by atoms with van der Waals surface area (Å²) in [6.07, 6.45) is 4.40. The zero-order valence-electron chi connectivity index (χ0n) is 9.49. The molecule has 0 bridgehead atoms. The van der Waals surface area contributed by atoms with Crippen molar-refractivity contribution in [2.75, 3.05) is 0 Å². The van der Waals surface area contributed by atoms with Gasteiger partial charge in [0.2, 0.25) is 0 Å². The summed E-state index contributed by atoms with van der Waals surface area (Å²) in [5.41, 5.74) is 7.37. The SMILES string of the molecule is CC1=CC2=C(c3ccccc3)C=C(C)C2=N1. The second-order valence-electron chi connectivity index (χ2n) is 4.27. The first-order valence-corrected chi connectivity index (χ1v) is 5.51. The lowest BCUT2D eigenvalue weighted by Crippen LogP contribution is -1.94. The van der Waals surface area contributed by atoms with E-state index in [1.807, 2.05) is 13.0 Å². The third kappa shape index (κ3) is 1.28. The van der Waals surface area contributed by atoms with Gasteiger partial charge in [-0.3, -0.25) is 4.99 Å². The molecule has 1 aliphatic carbocycles. The van der Waals surface area contributed by atoms with Crippen molar-refractivity contribution in [3.8, 4) is 0 Å². The highest BCUT2D eigenvalue weighted by Crippen LogP contribution is 2.35. The molecular weight excluding hydrogens is 194 g/mol. The second kappa shape index (κ2) is 3.31. The van der Waals surface area contributed by atoms with Crippen molar-refractivity contribution >= 4 is 11.3 Å². The fraction of sp³-hybridized carbons (Fsp3) is 0.133. The summed E-state index contributed by atoms with van der Waals surface area (Å²) < 4.78 is 0. The van der Waals surface area contributed by atoms with E-state index in [0.717, 1.165) is 11.4 Å². The first-order valence-electron chi connectivity index (χ1n) is 5.51. The molecule has 1 aromatic rings. The van der Waals surface area contributed by atoms with Crippen molar-refractivity contribution in [1.82, 2.24) is 0 Å². The van der Waals surface area contributed by atoms with Crippen molar-refractivity contribution in [3.63, 3.8) is 0 Å². The van der Waals surface area contributed by atoms with Crippen LogP contribution in [0.25, 0.3) is 5.57 Å². The van der Waals surface area contributed by atoms with Crippen LogP contribution in [-0.4, -0.2) is 5.71 Å². The molecule has 2 aliphatic rings. The third-order valence-corrected chi connectivity index (χ3v) is 3.01. The molecular formula is C15H13N. The van der Waals surface area contributed by atoms with E-state index in [2.05, 4.69) is 48.3 Å². The minimum Gasteiger partial charge on any atom is -0.253 e. The summed E-state index contributed by atoms with van der Waals surface area (Å²) in [4.78, 5) is 4.56. The van der Waals surface area contributed by atoms with E-state index >= 15 is 0 Å². The quantitative estimate of drug-likeness (QED) is 0.665. The number of aliphatic imine (C=N–C) groups is 1. The van der Waals surface area contributed by atoms with Crippen LogP contribution in [0.5, 0.6) is 0 Å². The van der Waals surface area contributed by atoms with E-state index in [-0.39, 0.29) is 0 Å². The van der Waals surface area contributed by atoms with E-state index < -0.39 is 0 Å². The lowest BCUT2D eigenvalue weighted by Gasteiger charge is -2.01. The fourth-order valence-electron chi connectivity index (χ4n) is 2.27. The third-order valence-electron chi connectivity index (χ3n) is 3.01. The Kier molecular flexibility index (Phi) is 1.93. The Morgan fingerprint density at radius 2 is 1.62 bits per heavy atom. The minimum absolute atomic E-state index is 1.10. The van der Waals surface area contributed by atoms with Gasteiger partial charge in [0.15, 0.2) is 0 Å². The van der Waals surface area contributed by atoms with E-state index in [1.54, 1.807) is 0 Å². The van der Waals surface area contributed by atoms with Crippen LogP contribution in [0.1, 0.15) is 19.4 Å². The highest BCUT2D eigenvalue weighted by Gasteiger charge is 2.23. The Hall–Kier alpha value is -1.89. The van der Waals surface area contributed by atoms with Gasteiger partial charge in [-0.1, -0.05) is 30.3 Å². The molecule has 1 aliphatic heterocycles. The van der Waals surface area contributed by atoms with Gasteiger partial charge in [-0.25, -0.2) is 0 Å². The standard InChI is InChI=1S/C15H13N/c1-10-8-13(12-6-4-3-5-7-12)14-9-11(2)16-15(10)14/h3-9H,1-2H3. The fourth-order valence-corrected chi connectivity index (χ4v) is 2.27. The molecule has 1 heterocycles. The van der Waals surface area contributed by atoms with Gasteiger partial charge in [-0.2, -0.15) is 0 Å². The molecule has 0 saturated heterocycles. The van der Waals surface area contributed by atoms with E-state index in [0.29, 0.717) is 0 Å². The first kappa shape index (κ1) is 9.34. The molecule has 3 rings (SSSR count). The van der Waals surface area contributed by atoms with Gasteiger partial charge >= 0.3 is 0 Å². The highest BCUT2D eigenvalue weighted by atomic mass is 14.8. The molecule has 0 N–H and O–H groups in total. The van der Waals surface area contributed by atoms with Gasteiger partial charge in [0, 0.05) is 11.3 Å². The molecule has 0 radical (unpaired) electrons. The van der Waals surface area contributed by atoms with Gasteiger partial charge in [0.1, 0.15) is 0 Å². The zero-order chi connectivity index (χ0) is 11.1. The van der Waals surface area contributed by atoms with Gasteiger partial charge < -0.3 is 0 Å². The number of rotatable bonds is 1. The van der Waals surface area contributed by atoms with Crippen molar-refractivity contribution < 1.29 is 0 Å². The van der Waals surface area contributed by atoms with Gasteiger partial charge in [-0.15, -0.1) is 0 Å². The minimum atomic E-state index is 1.10. The molecule has 78 valence electrons. The van der Waals surface area contributed by atoms with E-state index in [9.17, 15) is 0 Å². The number of hydrogen-bond donors (Lipinski definition) is 0. The molecule has 1 heteroatoms. The largest absolute Gasteiger partial charge is 0.253 e. The van der Waals surface area contributed by atoms with Crippen LogP contribution < -0.4 is 0 Å². The van der Waals surface area contributed by atoms with Crippen molar-refractivity contribution in [2.45, 2.75) is 13.8 Å². The molecule has 0 atom stereocenters. The second-order valence-corrected chi connectivity index (χ2v) is 4.27. The maximum Gasteiger partial charge on any atom is 0.0741 e. The molecule has 0 spiro atoms. The van der Waals surface area contributed by atoms with E-state index in [1.165, 1.54) is 22.3 Å². The zero-order valence-corrected chi connectivity index (χ0v) is 9.49.